The number of nitro groups is 1. The summed E-state index contributed by atoms with van der Waals surface area (Å²) in [6.45, 7) is 1.76. The van der Waals surface area contributed by atoms with Gasteiger partial charge in [-0.15, -0.1) is 11.3 Å². The Balaban J connectivity index is 1.85. The van der Waals surface area contributed by atoms with Crippen molar-refractivity contribution < 1.29 is 14.1 Å². The highest BCUT2D eigenvalue weighted by atomic mass is 32.1. The van der Waals surface area contributed by atoms with Gasteiger partial charge < -0.3 is 4.42 Å². The number of nitrogens with one attached hydrogen (secondary N) is 1. The van der Waals surface area contributed by atoms with Crippen LogP contribution in [0.2, 0.25) is 0 Å². The second-order valence-corrected chi connectivity index (χ2v) is 5.61. The van der Waals surface area contributed by atoms with Crippen LogP contribution in [0.3, 0.4) is 0 Å². The van der Waals surface area contributed by atoms with Crippen LogP contribution in [0.25, 0.3) is 11.3 Å². The summed E-state index contributed by atoms with van der Waals surface area (Å²) in [5.74, 6) is 0.279. The maximum atomic E-state index is 12.2. The van der Waals surface area contributed by atoms with Crippen LogP contribution < -0.4 is 5.32 Å². The second-order valence-electron chi connectivity index (χ2n) is 4.72. The fourth-order valence-electron chi connectivity index (χ4n) is 2.04. The van der Waals surface area contributed by atoms with Crippen LogP contribution in [0.5, 0.6) is 0 Å². The number of non-ortho nitro benzene ring substituents is 1. The highest BCUT2D eigenvalue weighted by molar-refractivity contribution is 7.13. The number of rotatable bonds is 4. The number of anilines is 1. The summed E-state index contributed by atoms with van der Waals surface area (Å²) in [6, 6.07) is 7.67. The van der Waals surface area contributed by atoms with E-state index in [1.54, 1.807) is 36.7 Å². The van der Waals surface area contributed by atoms with Crippen LogP contribution in [-0.4, -0.2) is 15.8 Å². The van der Waals surface area contributed by atoms with Crippen molar-refractivity contribution in [1.29, 1.82) is 0 Å². The molecule has 0 saturated carbocycles. The van der Waals surface area contributed by atoms with Crippen molar-refractivity contribution in [3.63, 3.8) is 0 Å². The first kappa shape index (κ1) is 14.9. The van der Waals surface area contributed by atoms with Gasteiger partial charge in [0.2, 0.25) is 0 Å². The fourth-order valence-corrected chi connectivity index (χ4v) is 2.56. The standard InChI is InChI=1S/C15H11N3O4S/c1-9-8-12(10-2-4-11(5-3-10)18(20)21)22-13(9)14(19)17-15-16-6-7-23-15/h2-8H,1H3,(H,16,17,19). The zero-order chi connectivity index (χ0) is 16.4. The van der Waals surface area contributed by atoms with Crippen molar-refractivity contribution in [1.82, 2.24) is 4.98 Å². The summed E-state index contributed by atoms with van der Waals surface area (Å²) in [4.78, 5) is 26.4. The average Bonchev–Trinajstić information content (AvgIpc) is 3.17. The van der Waals surface area contributed by atoms with E-state index in [4.69, 9.17) is 4.42 Å². The molecule has 23 heavy (non-hydrogen) atoms. The number of carbonyl (C=O) groups is 1. The molecule has 1 N–H and O–H groups in total. The van der Waals surface area contributed by atoms with Crippen molar-refractivity contribution >= 4 is 28.1 Å². The van der Waals surface area contributed by atoms with Gasteiger partial charge in [-0.3, -0.25) is 20.2 Å². The van der Waals surface area contributed by atoms with Gasteiger partial charge in [0.1, 0.15) is 5.76 Å². The predicted molar refractivity (Wildman–Crippen MR) is 85.6 cm³/mol. The number of amides is 1. The zero-order valence-corrected chi connectivity index (χ0v) is 12.8. The molecule has 0 radical (unpaired) electrons. The third kappa shape index (κ3) is 3.11. The Morgan fingerprint density at radius 3 is 2.70 bits per heavy atom. The van der Waals surface area contributed by atoms with Crippen LogP contribution >= 0.6 is 11.3 Å². The molecule has 116 valence electrons. The molecule has 2 heterocycles. The van der Waals surface area contributed by atoms with Crippen LogP contribution in [0.4, 0.5) is 10.8 Å². The van der Waals surface area contributed by atoms with Crippen LogP contribution in [0, 0.1) is 17.0 Å². The molecule has 2 aromatic heterocycles. The SMILES string of the molecule is Cc1cc(-c2ccc([N+](=O)[O-])cc2)oc1C(=O)Nc1nccs1. The Kier molecular flexibility index (Phi) is 3.90. The maximum absolute atomic E-state index is 12.2. The minimum atomic E-state index is -0.468. The Hall–Kier alpha value is -3.00. The van der Waals surface area contributed by atoms with Crippen molar-refractivity contribution in [2.45, 2.75) is 6.92 Å². The number of benzene rings is 1. The van der Waals surface area contributed by atoms with Gasteiger partial charge in [0.05, 0.1) is 4.92 Å². The van der Waals surface area contributed by atoms with Crippen LogP contribution in [0.15, 0.2) is 46.3 Å². The molecule has 3 rings (SSSR count). The maximum Gasteiger partial charge on any atom is 0.293 e. The third-order valence-electron chi connectivity index (χ3n) is 3.14. The molecule has 0 saturated heterocycles. The van der Waals surface area contributed by atoms with E-state index in [0.717, 1.165) is 0 Å². The lowest BCUT2D eigenvalue weighted by Gasteiger charge is -1.99. The van der Waals surface area contributed by atoms with E-state index in [1.165, 1.54) is 23.5 Å². The Bertz CT molecular complexity index is 853. The number of carbonyl (C=O) groups excluding carboxylic acids is 1. The molecule has 1 amide bonds. The van der Waals surface area contributed by atoms with E-state index in [9.17, 15) is 14.9 Å². The number of aromatic nitrogens is 1. The molecular weight excluding hydrogens is 318 g/mol. The van der Waals surface area contributed by atoms with Crippen molar-refractivity contribution in [2.24, 2.45) is 0 Å². The lowest BCUT2D eigenvalue weighted by molar-refractivity contribution is -0.384. The van der Waals surface area contributed by atoms with Gasteiger partial charge in [-0.05, 0) is 25.1 Å². The minimum absolute atomic E-state index is 0.00114. The Morgan fingerprint density at radius 1 is 1.35 bits per heavy atom. The Labute approximate surface area is 134 Å². The quantitative estimate of drug-likeness (QED) is 0.578. The first-order valence-corrected chi connectivity index (χ1v) is 7.48. The highest BCUT2D eigenvalue weighted by Gasteiger charge is 2.18. The van der Waals surface area contributed by atoms with E-state index in [2.05, 4.69) is 10.3 Å². The summed E-state index contributed by atoms with van der Waals surface area (Å²) in [6.07, 6.45) is 1.59. The number of aryl methyl sites for hydroxylation is 1. The van der Waals surface area contributed by atoms with Gasteiger partial charge in [0.15, 0.2) is 10.9 Å². The molecule has 0 fully saturated rings. The Morgan fingerprint density at radius 2 is 2.09 bits per heavy atom. The van der Waals surface area contributed by atoms with Gasteiger partial charge in [0.25, 0.3) is 11.6 Å². The second kappa shape index (κ2) is 6.01. The molecule has 0 bridgehead atoms. The molecule has 3 aromatic rings. The normalized spacial score (nSPS) is 10.5. The first-order valence-electron chi connectivity index (χ1n) is 6.60. The molecule has 0 aliphatic carbocycles. The third-order valence-corrected chi connectivity index (χ3v) is 3.83. The van der Waals surface area contributed by atoms with E-state index in [-0.39, 0.29) is 17.4 Å². The summed E-state index contributed by atoms with van der Waals surface area (Å²) in [7, 11) is 0. The molecule has 7 nitrogen and oxygen atoms in total. The molecule has 0 spiro atoms. The summed E-state index contributed by atoms with van der Waals surface area (Å²) in [5, 5.41) is 15.6. The van der Waals surface area contributed by atoms with Crippen LogP contribution in [-0.2, 0) is 0 Å². The number of nitro benzene ring substituents is 1. The molecule has 0 aliphatic rings. The molecule has 0 atom stereocenters. The first-order chi connectivity index (χ1) is 11.0. The van der Waals surface area contributed by atoms with Gasteiger partial charge in [-0.1, -0.05) is 0 Å². The monoisotopic (exact) mass is 329 g/mol. The number of furan rings is 1. The van der Waals surface area contributed by atoms with E-state index in [0.29, 0.717) is 22.0 Å². The molecule has 1 aromatic carbocycles. The zero-order valence-electron chi connectivity index (χ0n) is 12.0. The lowest BCUT2D eigenvalue weighted by Crippen LogP contribution is -2.11. The molecule has 8 heteroatoms. The molecular formula is C15H11N3O4S. The smallest absolute Gasteiger partial charge is 0.293 e. The molecule has 0 aliphatic heterocycles. The number of hydrogen-bond donors (Lipinski definition) is 1. The van der Waals surface area contributed by atoms with Gasteiger partial charge in [-0.25, -0.2) is 4.98 Å². The van der Waals surface area contributed by atoms with E-state index >= 15 is 0 Å². The largest absolute Gasteiger partial charge is 0.451 e. The number of nitrogens with zero attached hydrogens (tertiary/aromatic N) is 2. The van der Waals surface area contributed by atoms with Gasteiger partial charge >= 0.3 is 0 Å². The minimum Gasteiger partial charge on any atom is -0.451 e. The van der Waals surface area contributed by atoms with Gasteiger partial charge in [-0.2, -0.15) is 0 Å². The number of hydrogen-bond acceptors (Lipinski definition) is 6. The average molecular weight is 329 g/mol. The molecule has 0 unspecified atom stereocenters. The van der Waals surface area contributed by atoms with Crippen molar-refractivity contribution in [3.8, 4) is 11.3 Å². The van der Waals surface area contributed by atoms with Gasteiger partial charge in [0, 0.05) is 34.8 Å². The van der Waals surface area contributed by atoms with Crippen molar-refractivity contribution in [3.05, 3.63) is 63.3 Å². The summed E-state index contributed by atoms with van der Waals surface area (Å²) in [5.41, 5.74) is 1.33. The van der Waals surface area contributed by atoms with E-state index < -0.39 is 4.92 Å². The summed E-state index contributed by atoms with van der Waals surface area (Å²) >= 11 is 1.31. The van der Waals surface area contributed by atoms with Crippen molar-refractivity contribution in [2.75, 3.05) is 5.32 Å². The summed E-state index contributed by atoms with van der Waals surface area (Å²) < 4.78 is 5.61. The predicted octanol–water partition coefficient (Wildman–Crippen LogP) is 3.87. The van der Waals surface area contributed by atoms with Crippen LogP contribution in [0.1, 0.15) is 16.1 Å². The lowest BCUT2D eigenvalue weighted by atomic mass is 10.1. The topological polar surface area (TPSA) is 98.3 Å². The fraction of sp³-hybridized carbons (Fsp3) is 0.0667. The highest BCUT2D eigenvalue weighted by Crippen LogP contribution is 2.27. The van der Waals surface area contributed by atoms with E-state index in [1.807, 2.05) is 0 Å². The number of thiazole rings is 1.